The number of fused-ring (bicyclic) bond motifs is 4. The lowest BCUT2D eigenvalue weighted by Crippen LogP contribution is -2.49. The monoisotopic (exact) mass is 401 g/mol. The summed E-state index contributed by atoms with van der Waals surface area (Å²) < 4.78 is 1.93. The van der Waals surface area contributed by atoms with Crippen LogP contribution in [0.1, 0.15) is 34.0 Å². The van der Waals surface area contributed by atoms with E-state index in [0.717, 1.165) is 22.6 Å². The number of pyridine rings is 1. The molecule has 0 aliphatic carbocycles. The molecule has 5 rings (SSSR count). The molecule has 2 aliphatic rings. The molecule has 5 nitrogen and oxygen atoms in total. The predicted octanol–water partition coefficient (Wildman–Crippen LogP) is 3.71. The molecule has 6 heteroatoms. The fourth-order valence-corrected chi connectivity index (χ4v) is 5.45. The van der Waals surface area contributed by atoms with E-state index in [0.29, 0.717) is 30.8 Å². The maximum Gasteiger partial charge on any atom is 0.253 e. The summed E-state index contributed by atoms with van der Waals surface area (Å²) in [4.78, 5) is 28.7. The summed E-state index contributed by atoms with van der Waals surface area (Å²) in [5, 5.41) is 11.0. The fraction of sp³-hybridized carbons (Fsp3) is 0.261. The molecule has 2 bridgehead atoms. The molecule has 4 heterocycles. The van der Waals surface area contributed by atoms with Crippen molar-refractivity contribution in [3.05, 3.63) is 81.1 Å². The zero-order chi connectivity index (χ0) is 20.0. The molecule has 0 unspecified atom stereocenters. The Morgan fingerprint density at radius 2 is 1.90 bits per heavy atom. The highest BCUT2D eigenvalue weighted by atomic mass is 32.1. The Hall–Kier alpha value is -3.17. The third-order valence-electron chi connectivity index (χ3n) is 5.92. The maximum absolute atomic E-state index is 13.1. The highest BCUT2D eigenvalue weighted by Gasteiger charge is 2.38. The van der Waals surface area contributed by atoms with Crippen molar-refractivity contribution < 1.29 is 4.79 Å². The first-order chi connectivity index (χ1) is 14.1. The van der Waals surface area contributed by atoms with E-state index in [9.17, 15) is 9.59 Å². The van der Waals surface area contributed by atoms with Crippen LogP contribution in [0.4, 0.5) is 0 Å². The van der Waals surface area contributed by atoms with Gasteiger partial charge in [0.1, 0.15) is 0 Å². The average Bonchev–Trinajstić information content (AvgIpc) is 3.28. The van der Waals surface area contributed by atoms with Gasteiger partial charge in [-0.15, -0.1) is 11.3 Å². The number of thiophene rings is 1. The Morgan fingerprint density at radius 3 is 2.62 bits per heavy atom. The van der Waals surface area contributed by atoms with Gasteiger partial charge in [-0.25, -0.2) is 0 Å². The lowest BCUT2D eigenvalue weighted by molar-refractivity contribution is 0.0595. The number of carbonyl (C=O) groups excluding carboxylic acids is 1. The SMILES string of the molecule is N#Cc1ccc(C(=O)N2C[C@@H]3C[C@@H](C2)c2c(-c4cccs4)ccc(=O)n2C3)cc1. The second kappa shape index (κ2) is 7.02. The van der Waals surface area contributed by atoms with E-state index in [1.54, 1.807) is 41.7 Å². The molecule has 1 saturated heterocycles. The van der Waals surface area contributed by atoms with Gasteiger partial charge in [-0.3, -0.25) is 9.59 Å². The second-order valence-corrected chi connectivity index (χ2v) is 8.70. The van der Waals surface area contributed by atoms with E-state index in [1.165, 1.54) is 0 Å². The molecule has 2 aliphatic heterocycles. The summed E-state index contributed by atoms with van der Waals surface area (Å²) in [5.74, 6) is 0.421. The molecule has 29 heavy (non-hydrogen) atoms. The fourth-order valence-electron chi connectivity index (χ4n) is 4.69. The normalized spacial score (nSPS) is 20.0. The van der Waals surface area contributed by atoms with Crippen LogP contribution < -0.4 is 5.56 Å². The maximum atomic E-state index is 13.1. The molecule has 144 valence electrons. The van der Waals surface area contributed by atoms with Gasteiger partial charge in [0.25, 0.3) is 11.5 Å². The summed E-state index contributed by atoms with van der Waals surface area (Å²) in [6.07, 6.45) is 0.999. The highest BCUT2D eigenvalue weighted by Crippen LogP contribution is 2.41. The van der Waals surface area contributed by atoms with E-state index in [1.807, 2.05) is 27.0 Å². The predicted molar refractivity (Wildman–Crippen MR) is 112 cm³/mol. The number of hydrogen-bond donors (Lipinski definition) is 0. The molecule has 2 atom stereocenters. The Bertz CT molecular complexity index is 1170. The van der Waals surface area contributed by atoms with Gasteiger partial charge in [0.2, 0.25) is 0 Å². The molecule has 0 spiro atoms. The zero-order valence-corrected chi connectivity index (χ0v) is 16.6. The molecule has 3 aromatic rings. The Kier molecular flexibility index (Phi) is 4.33. The minimum Gasteiger partial charge on any atom is -0.338 e. The first kappa shape index (κ1) is 17.9. The van der Waals surface area contributed by atoms with Gasteiger partial charge < -0.3 is 9.47 Å². The molecular formula is C23H19N3O2S. The van der Waals surface area contributed by atoms with E-state index < -0.39 is 0 Å². The first-order valence-electron chi connectivity index (χ1n) is 9.71. The standard InChI is InChI=1S/C23H19N3O2S/c24-11-15-3-5-17(6-4-15)23(28)25-12-16-10-18(14-25)22-19(20-2-1-9-29-20)7-8-21(27)26(22)13-16/h1-9,16,18H,10,12-14H2/t16-,18-/m0/s1. The average molecular weight is 401 g/mol. The van der Waals surface area contributed by atoms with E-state index in [4.69, 9.17) is 5.26 Å². The third kappa shape index (κ3) is 3.08. The minimum absolute atomic E-state index is 0.00593. The largest absolute Gasteiger partial charge is 0.338 e. The molecule has 1 amide bonds. The number of carbonyl (C=O) groups is 1. The number of amides is 1. The van der Waals surface area contributed by atoms with Gasteiger partial charge in [-0.05, 0) is 54.1 Å². The summed E-state index contributed by atoms with van der Waals surface area (Å²) in [6, 6.07) is 16.6. The summed E-state index contributed by atoms with van der Waals surface area (Å²) in [7, 11) is 0. The van der Waals surface area contributed by atoms with Gasteiger partial charge in [-0.1, -0.05) is 6.07 Å². The van der Waals surface area contributed by atoms with Crippen LogP contribution in [0, 0.1) is 17.2 Å². The van der Waals surface area contributed by atoms with Crippen LogP contribution in [-0.4, -0.2) is 28.5 Å². The van der Waals surface area contributed by atoms with Gasteiger partial charge >= 0.3 is 0 Å². The van der Waals surface area contributed by atoms with Crippen molar-refractivity contribution in [3.63, 3.8) is 0 Å². The van der Waals surface area contributed by atoms with Crippen LogP contribution >= 0.6 is 11.3 Å². The van der Waals surface area contributed by atoms with Crippen molar-refractivity contribution in [3.8, 4) is 16.5 Å². The van der Waals surface area contributed by atoms with Crippen LogP contribution in [0.25, 0.3) is 10.4 Å². The van der Waals surface area contributed by atoms with Crippen molar-refractivity contribution in [2.45, 2.75) is 18.9 Å². The highest BCUT2D eigenvalue weighted by molar-refractivity contribution is 7.13. The lowest BCUT2D eigenvalue weighted by Gasteiger charge is -2.43. The number of hydrogen-bond acceptors (Lipinski definition) is 4. The van der Waals surface area contributed by atoms with Crippen LogP contribution in [-0.2, 0) is 6.54 Å². The molecule has 0 N–H and O–H groups in total. The van der Waals surface area contributed by atoms with Crippen molar-refractivity contribution in [2.24, 2.45) is 5.92 Å². The number of piperidine rings is 1. The molecular weight excluding hydrogens is 382 g/mol. The Balaban J connectivity index is 1.50. The topological polar surface area (TPSA) is 66.1 Å². The van der Waals surface area contributed by atoms with Crippen LogP contribution in [0.3, 0.4) is 0 Å². The van der Waals surface area contributed by atoms with Crippen LogP contribution in [0.15, 0.2) is 58.7 Å². The lowest BCUT2D eigenvalue weighted by atomic mass is 9.81. The van der Waals surface area contributed by atoms with Crippen LogP contribution in [0.2, 0.25) is 0 Å². The summed E-state index contributed by atoms with van der Waals surface area (Å²) >= 11 is 1.67. The number of aromatic nitrogens is 1. The van der Waals surface area contributed by atoms with Gasteiger partial charge in [0.05, 0.1) is 11.6 Å². The molecule has 1 fully saturated rings. The molecule has 2 aromatic heterocycles. The molecule has 1 aromatic carbocycles. The Labute approximate surface area is 172 Å². The first-order valence-corrected chi connectivity index (χ1v) is 10.6. The molecule has 0 radical (unpaired) electrons. The number of likely N-dealkylation sites (tertiary alicyclic amines) is 1. The minimum atomic E-state index is -0.00593. The Morgan fingerprint density at radius 1 is 1.07 bits per heavy atom. The van der Waals surface area contributed by atoms with E-state index in [2.05, 4.69) is 12.1 Å². The van der Waals surface area contributed by atoms with Gasteiger partial charge in [-0.2, -0.15) is 5.26 Å². The summed E-state index contributed by atoms with van der Waals surface area (Å²) in [6.45, 7) is 1.92. The van der Waals surface area contributed by atoms with Crippen molar-refractivity contribution in [1.29, 1.82) is 5.26 Å². The quantitative estimate of drug-likeness (QED) is 0.658. The van der Waals surface area contributed by atoms with E-state index in [-0.39, 0.29) is 23.3 Å². The van der Waals surface area contributed by atoms with Crippen molar-refractivity contribution in [2.75, 3.05) is 13.1 Å². The van der Waals surface area contributed by atoms with Crippen molar-refractivity contribution in [1.82, 2.24) is 9.47 Å². The molecule has 0 saturated carbocycles. The van der Waals surface area contributed by atoms with Gasteiger partial charge in [0.15, 0.2) is 0 Å². The van der Waals surface area contributed by atoms with Crippen molar-refractivity contribution >= 4 is 17.2 Å². The number of nitrogens with zero attached hydrogens (tertiary/aromatic N) is 3. The summed E-state index contributed by atoms with van der Waals surface area (Å²) in [5.41, 5.74) is 3.37. The number of rotatable bonds is 2. The van der Waals surface area contributed by atoms with Crippen LogP contribution in [0.5, 0.6) is 0 Å². The third-order valence-corrected chi connectivity index (χ3v) is 6.83. The number of benzene rings is 1. The zero-order valence-electron chi connectivity index (χ0n) is 15.7. The van der Waals surface area contributed by atoms with E-state index >= 15 is 0 Å². The smallest absolute Gasteiger partial charge is 0.253 e. The second-order valence-electron chi connectivity index (χ2n) is 7.76. The van der Waals surface area contributed by atoms with Gasteiger partial charge in [0, 0.05) is 53.3 Å². The number of nitriles is 1.